The van der Waals surface area contributed by atoms with Crippen LogP contribution in [0.2, 0.25) is 0 Å². The van der Waals surface area contributed by atoms with Gasteiger partial charge in [0.05, 0.1) is 0 Å². The van der Waals surface area contributed by atoms with Gasteiger partial charge in [-0.2, -0.15) is 0 Å². The minimum Gasteiger partial charge on any atom is -0.480 e. The minimum atomic E-state index is -1.27. The molecule has 0 aliphatic heterocycles. The highest BCUT2D eigenvalue weighted by Gasteiger charge is 2.28. The van der Waals surface area contributed by atoms with E-state index in [2.05, 4.69) is 16.0 Å². The number of amides is 3. The van der Waals surface area contributed by atoms with Crippen molar-refractivity contribution < 1.29 is 19.5 Å². The number of carboxylic acid groups (broad SMARTS) is 1. The molecule has 0 saturated heterocycles. The quantitative estimate of drug-likeness (QED) is 0.532. The summed E-state index contributed by atoms with van der Waals surface area (Å²) in [4.78, 5) is 34.2. The van der Waals surface area contributed by atoms with Crippen molar-refractivity contribution in [2.75, 3.05) is 6.54 Å². The average Bonchev–Trinajstić information content (AvgIpc) is 2.44. The first kappa shape index (κ1) is 18.3. The van der Waals surface area contributed by atoms with Crippen molar-refractivity contribution in [3.63, 3.8) is 0 Å². The maximum Gasteiger partial charge on any atom is 0.328 e. The Labute approximate surface area is 131 Å². The SMILES string of the molecule is CC(C)(NC(=O)CCCNC(=O)NC1CCCCC1)C(=O)O. The Bertz CT molecular complexity index is 404. The number of urea groups is 1. The molecule has 22 heavy (non-hydrogen) atoms. The molecule has 0 atom stereocenters. The molecular formula is C15H27N3O4. The first-order chi connectivity index (χ1) is 10.3. The molecule has 1 saturated carbocycles. The standard InChI is InChI=1S/C15H27N3O4/c1-15(2,13(20)21)18-12(19)9-6-10-16-14(22)17-11-7-4-3-5-8-11/h11H,3-10H2,1-2H3,(H,18,19)(H,20,21)(H2,16,17,22). The molecule has 0 spiro atoms. The summed E-state index contributed by atoms with van der Waals surface area (Å²) in [5, 5.41) is 17.0. The summed E-state index contributed by atoms with van der Waals surface area (Å²) in [6, 6.07) is 0.0617. The molecule has 0 bridgehead atoms. The van der Waals surface area contributed by atoms with Crippen LogP contribution in [0.25, 0.3) is 0 Å². The molecule has 3 amide bonds. The Kier molecular flexibility index (Phi) is 7.14. The number of aliphatic carboxylic acids is 1. The molecule has 7 heteroatoms. The Morgan fingerprint density at radius 1 is 1.14 bits per heavy atom. The van der Waals surface area contributed by atoms with Gasteiger partial charge in [-0.15, -0.1) is 0 Å². The second-order valence-corrected chi connectivity index (χ2v) is 6.32. The number of carbonyl (C=O) groups is 3. The zero-order chi connectivity index (χ0) is 16.6. The van der Waals surface area contributed by atoms with E-state index >= 15 is 0 Å². The fourth-order valence-corrected chi connectivity index (χ4v) is 2.40. The lowest BCUT2D eigenvalue weighted by Crippen LogP contribution is -2.49. The molecule has 7 nitrogen and oxygen atoms in total. The maximum atomic E-state index is 11.7. The molecule has 1 fully saturated rings. The Morgan fingerprint density at radius 3 is 2.36 bits per heavy atom. The fourth-order valence-electron chi connectivity index (χ4n) is 2.40. The van der Waals surface area contributed by atoms with Crippen LogP contribution >= 0.6 is 0 Å². The van der Waals surface area contributed by atoms with E-state index < -0.39 is 11.5 Å². The number of carboxylic acids is 1. The van der Waals surface area contributed by atoms with Crippen LogP contribution in [0.15, 0.2) is 0 Å². The Hall–Kier alpha value is -1.79. The van der Waals surface area contributed by atoms with Crippen molar-refractivity contribution in [1.82, 2.24) is 16.0 Å². The fraction of sp³-hybridized carbons (Fsp3) is 0.800. The van der Waals surface area contributed by atoms with Crippen LogP contribution in [-0.4, -0.2) is 41.1 Å². The van der Waals surface area contributed by atoms with Gasteiger partial charge in [-0.3, -0.25) is 4.79 Å². The number of rotatable bonds is 7. The summed E-state index contributed by atoms with van der Waals surface area (Å²) in [7, 11) is 0. The van der Waals surface area contributed by atoms with Gasteiger partial charge in [-0.25, -0.2) is 9.59 Å². The zero-order valence-corrected chi connectivity index (χ0v) is 13.4. The molecule has 126 valence electrons. The topological polar surface area (TPSA) is 108 Å². The van der Waals surface area contributed by atoms with E-state index in [0.717, 1.165) is 25.7 Å². The van der Waals surface area contributed by atoms with Gasteiger partial charge in [0.2, 0.25) is 5.91 Å². The van der Waals surface area contributed by atoms with E-state index in [0.29, 0.717) is 13.0 Å². The van der Waals surface area contributed by atoms with Crippen molar-refractivity contribution in [2.45, 2.75) is 70.4 Å². The molecule has 0 radical (unpaired) electrons. The second-order valence-electron chi connectivity index (χ2n) is 6.32. The molecule has 0 aromatic carbocycles. The lowest BCUT2D eigenvalue weighted by Gasteiger charge is -2.23. The summed E-state index contributed by atoms with van der Waals surface area (Å²) in [6.45, 7) is 3.26. The maximum absolute atomic E-state index is 11.7. The molecule has 0 aromatic rings. The summed E-state index contributed by atoms with van der Waals surface area (Å²) in [6.07, 6.45) is 6.26. The van der Waals surface area contributed by atoms with E-state index in [1.54, 1.807) is 0 Å². The van der Waals surface area contributed by atoms with E-state index in [1.165, 1.54) is 20.3 Å². The van der Waals surface area contributed by atoms with Gasteiger partial charge in [-0.05, 0) is 33.1 Å². The van der Waals surface area contributed by atoms with Crippen molar-refractivity contribution in [3.8, 4) is 0 Å². The van der Waals surface area contributed by atoms with Crippen LogP contribution in [0.1, 0.15) is 58.8 Å². The summed E-state index contributed by atoms with van der Waals surface area (Å²) < 4.78 is 0. The number of carbonyl (C=O) groups excluding carboxylic acids is 2. The minimum absolute atomic E-state index is 0.181. The molecule has 0 unspecified atom stereocenters. The lowest BCUT2D eigenvalue weighted by molar-refractivity contribution is -0.146. The largest absolute Gasteiger partial charge is 0.480 e. The van der Waals surface area contributed by atoms with Gasteiger partial charge < -0.3 is 21.1 Å². The number of hydrogen-bond acceptors (Lipinski definition) is 3. The molecule has 4 N–H and O–H groups in total. The molecule has 0 aromatic heterocycles. The first-order valence-electron chi connectivity index (χ1n) is 7.90. The smallest absolute Gasteiger partial charge is 0.328 e. The normalized spacial score (nSPS) is 15.9. The van der Waals surface area contributed by atoms with Gasteiger partial charge in [0.25, 0.3) is 0 Å². The van der Waals surface area contributed by atoms with E-state index in [1.807, 2.05) is 0 Å². The van der Waals surface area contributed by atoms with Crippen molar-refractivity contribution in [3.05, 3.63) is 0 Å². The van der Waals surface area contributed by atoms with Crippen molar-refractivity contribution in [2.24, 2.45) is 0 Å². The van der Waals surface area contributed by atoms with Crippen molar-refractivity contribution >= 4 is 17.9 Å². The molecule has 0 heterocycles. The zero-order valence-electron chi connectivity index (χ0n) is 13.4. The predicted octanol–water partition coefficient (Wildman–Crippen LogP) is 1.38. The third-order valence-electron chi connectivity index (χ3n) is 3.79. The monoisotopic (exact) mass is 313 g/mol. The highest BCUT2D eigenvalue weighted by atomic mass is 16.4. The predicted molar refractivity (Wildman–Crippen MR) is 82.5 cm³/mol. The van der Waals surface area contributed by atoms with Gasteiger partial charge in [0.1, 0.15) is 5.54 Å². The summed E-state index contributed by atoms with van der Waals surface area (Å²) in [5.74, 6) is -1.41. The highest BCUT2D eigenvalue weighted by molar-refractivity contribution is 5.86. The molecule has 1 aliphatic rings. The molecule has 1 aliphatic carbocycles. The first-order valence-corrected chi connectivity index (χ1v) is 7.90. The van der Waals surface area contributed by atoms with Crippen LogP contribution in [0, 0.1) is 0 Å². The molecule has 1 rings (SSSR count). The van der Waals surface area contributed by atoms with Gasteiger partial charge in [-0.1, -0.05) is 19.3 Å². The van der Waals surface area contributed by atoms with E-state index in [9.17, 15) is 14.4 Å². The third kappa shape index (κ3) is 6.78. The van der Waals surface area contributed by atoms with E-state index in [4.69, 9.17) is 5.11 Å². The van der Waals surface area contributed by atoms with Crippen molar-refractivity contribution in [1.29, 1.82) is 0 Å². The van der Waals surface area contributed by atoms with Crippen LogP contribution in [-0.2, 0) is 9.59 Å². The third-order valence-corrected chi connectivity index (χ3v) is 3.79. The second kappa shape index (κ2) is 8.60. The van der Waals surface area contributed by atoms with Gasteiger partial charge in [0.15, 0.2) is 0 Å². The van der Waals surface area contributed by atoms with Gasteiger partial charge >= 0.3 is 12.0 Å². The van der Waals surface area contributed by atoms with Crippen LogP contribution in [0.4, 0.5) is 4.79 Å². The Balaban J connectivity index is 2.12. The lowest BCUT2D eigenvalue weighted by atomic mass is 9.96. The van der Waals surface area contributed by atoms with E-state index in [-0.39, 0.29) is 24.4 Å². The highest BCUT2D eigenvalue weighted by Crippen LogP contribution is 2.17. The van der Waals surface area contributed by atoms with Crippen LogP contribution < -0.4 is 16.0 Å². The number of nitrogens with one attached hydrogen (secondary N) is 3. The summed E-state index contributed by atoms with van der Waals surface area (Å²) in [5.41, 5.74) is -1.27. The van der Waals surface area contributed by atoms with Gasteiger partial charge in [0, 0.05) is 19.0 Å². The summed E-state index contributed by atoms with van der Waals surface area (Å²) >= 11 is 0. The Morgan fingerprint density at radius 2 is 1.77 bits per heavy atom. The number of hydrogen-bond donors (Lipinski definition) is 4. The molecular weight excluding hydrogens is 286 g/mol. The van der Waals surface area contributed by atoms with Crippen LogP contribution in [0.3, 0.4) is 0 Å². The van der Waals surface area contributed by atoms with Crippen LogP contribution in [0.5, 0.6) is 0 Å². The average molecular weight is 313 g/mol.